The van der Waals surface area contributed by atoms with Crippen LogP contribution in [-0.2, 0) is 22.1 Å². The van der Waals surface area contributed by atoms with E-state index in [1.165, 1.54) is 29.5 Å². The van der Waals surface area contributed by atoms with Crippen molar-refractivity contribution in [3.05, 3.63) is 56.5 Å². The summed E-state index contributed by atoms with van der Waals surface area (Å²) < 4.78 is 37.4. The van der Waals surface area contributed by atoms with Gasteiger partial charge >= 0.3 is 0 Å². The molecule has 1 heterocycles. The van der Waals surface area contributed by atoms with Gasteiger partial charge in [0.1, 0.15) is 11.9 Å². The molecule has 1 atom stereocenters. The van der Waals surface area contributed by atoms with Gasteiger partial charge in [0, 0.05) is 24.2 Å². The zero-order valence-corrected chi connectivity index (χ0v) is 20.7. The maximum atomic E-state index is 13.6. The summed E-state index contributed by atoms with van der Waals surface area (Å²) in [4.78, 5) is 5.12. The third-order valence-electron chi connectivity index (χ3n) is 3.72. The molecule has 0 aliphatic heterocycles. The Balaban J connectivity index is 0.00000420. The smallest absolute Gasteiger partial charge is 0.191 e. The molecule has 2 aromatic rings. The summed E-state index contributed by atoms with van der Waals surface area (Å²) in [6.45, 7) is 2.79. The Morgan fingerprint density at radius 3 is 2.59 bits per heavy atom. The number of nitrogens with one attached hydrogen (secondary N) is 2. The summed E-state index contributed by atoms with van der Waals surface area (Å²) in [6, 6.07) is 7.46. The maximum Gasteiger partial charge on any atom is 0.191 e. The van der Waals surface area contributed by atoms with Crippen molar-refractivity contribution >= 4 is 62.7 Å². The monoisotopic (exact) mass is 575 g/mol. The number of halogens is 3. The lowest BCUT2D eigenvalue weighted by molar-refractivity contribution is 0.184. The average molecular weight is 576 g/mol. The Kier molecular flexibility index (Phi) is 10.8. The Morgan fingerprint density at radius 2 is 2.00 bits per heavy atom. The quantitative estimate of drug-likeness (QED) is 0.255. The lowest BCUT2D eigenvalue weighted by Crippen LogP contribution is -2.39. The standard InChI is InChI=1S/C18H23ClFN3O3S2.HI/c1-3-21-18(23-10-15(24)16-6-7-17(19)27-16)22-9-13-8-14(20)5-4-12(13)11-28(2,25)26;/h4-8,15,24H,3,9-11H2,1-2H3,(H2,21,22,23);1H. The Labute approximate surface area is 196 Å². The molecule has 0 saturated carbocycles. The minimum Gasteiger partial charge on any atom is -0.386 e. The molecule has 1 aromatic heterocycles. The van der Waals surface area contributed by atoms with E-state index in [9.17, 15) is 17.9 Å². The zero-order chi connectivity index (χ0) is 20.7. The summed E-state index contributed by atoms with van der Waals surface area (Å²) in [6.07, 6.45) is 0.379. The number of benzene rings is 1. The van der Waals surface area contributed by atoms with E-state index in [4.69, 9.17) is 11.6 Å². The van der Waals surface area contributed by atoms with Crippen molar-refractivity contribution in [2.45, 2.75) is 25.3 Å². The second-order valence-corrected chi connectivity index (χ2v) is 10.1. The van der Waals surface area contributed by atoms with E-state index in [1.54, 1.807) is 12.1 Å². The molecule has 2 rings (SSSR count). The van der Waals surface area contributed by atoms with Crippen LogP contribution in [0.25, 0.3) is 0 Å². The summed E-state index contributed by atoms with van der Waals surface area (Å²) in [5.41, 5.74) is 1.00. The minimum absolute atomic E-state index is 0. The molecule has 1 aromatic carbocycles. The van der Waals surface area contributed by atoms with Gasteiger partial charge in [0.25, 0.3) is 0 Å². The highest BCUT2D eigenvalue weighted by Gasteiger charge is 2.13. The van der Waals surface area contributed by atoms with Crippen LogP contribution >= 0.6 is 46.9 Å². The van der Waals surface area contributed by atoms with Crippen LogP contribution in [0.3, 0.4) is 0 Å². The van der Waals surface area contributed by atoms with E-state index in [2.05, 4.69) is 15.6 Å². The first-order valence-electron chi connectivity index (χ1n) is 8.58. The van der Waals surface area contributed by atoms with Gasteiger partial charge in [-0.1, -0.05) is 17.7 Å². The minimum atomic E-state index is -3.26. The molecule has 0 aliphatic rings. The van der Waals surface area contributed by atoms with E-state index >= 15 is 0 Å². The van der Waals surface area contributed by atoms with Gasteiger partial charge in [0.15, 0.2) is 15.8 Å². The van der Waals surface area contributed by atoms with Gasteiger partial charge in [0.2, 0.25) is 0 Å². The zero-order valence-electron chi connectivity index (χ0n) is 16.0. The number of hydrogen-bond acceptors (Lipinski definition) is 5. The molecule has 0 fully saturated rings. The second kappa shape index (κ2) is 12.0. The van der Waals surface area contributed by atoms with Gasteiger partial charge in [-0.05, 0) is 42.3 Å². The van der Waals surface area contributed by atoms with Gasteiger partial charge in [-0.3, -0.25) is 0 Å². The van der Waals surface area contributed by atoms with Gasteiger partial charge in [0.05, 0.1) is 16.6 Å². The van der Waals surface area contributed by atoms with Crippen molar-refractivity contribution in [2.75, 3.05) is 19.3 Å². The molecule has 29 heavy (non-hydrogen) atoms. The summed E-state index contributed by atoms with van der Waals surface area (Å²) in [5.74, 6) is -0.205. The third kappa shape index (κ3) is 9.16. The first kappa shape index (κ1) is 26.1. The fourth-order valence-corrected chi connectivity index (χ4v) is 4.37. The fourth-order valence-electron chi connectivity index (χ4n) is 2.47. The number of sulfone groups is 1. The molecule has 0 amide bonds. The molecule has 3 N–H and O–H groups in total. The van der Waals surface area contributed by atoms with Crippen LogP contribution in [0.15, 0.2) is 35.3 Å². The molecule has 162 valence electrons. The van der Waals surface area contributed by atoms with Gasteiger partial charge < -0.3 is 15.7 Å². The van der Waals surface area contributed by atoms with E-state index in [-0.39, 0.29) is 42.8 Å². The molecule has 0 radical (unpaired) electrons. The summed E-state index contributed by atoms with van der Waals surface area (Å²) >= 11 is 7.18. The number of aliphatic imine (C=N–C) groups is 1. The molecule has 0 saturated heterocycles. The molecule has 1 unspecified atom stereocenters. The van der Waals surface area contributed by atoms with Crippen LogP contribution in [0.5, 0.6) is 0 Å². The number of aliphatic hydroxyl groups excluding tert-OH is 1. The molecule has 0 bridgehead atoms. The van der Waals surface area contributed by atoms with Crippen molar-refractivity contribution in [3.63, 3.8) is 0 Å². The van der Waals surface area contributed by atoms with Crippen molar-refractivity contribution in [2.24, 2.45) is 4.99 Å². The predicted molar refractivity (Wildman–Crippen MR) is 127 cm³/mol. The summed E-state index contributed by atoms with van der Waals surface area (Å²) in [5, 5.41) is 16.3. The normalized spacial score (nSPS) is 12.9. The van der Waals surface area contributed by atoms with Gasteiger partial charge in [-0.25, -0.2) is 17.8 Å². The number of guanidine groups is 1. The lowest BCUT2D eigenvalue weighted by atomic mass is 10.1. The predicted octanol–water partition coefficient (Wildman–Crippen LogP) is 3.49. The topological polar surface area (TPSA) is 90.8 Å². The Hall–Kier alpha value is -0.950. The number of nitrogens with zero attached hydrogens (tertiary/aromatic N) is 1. The molecular formula is C18H24ClFIN3O3S2. The van der Waals surface area contributed by atoms with E-state index < -0.39 is 21.8 Å². The fraction of sp³-hybridized carbons (Fsp3) is 0.389. The van der Waals surface area contributed by atoms with Crippen LogP contribution in [-0.4, -0.2) is 38.8 Å². The Bertz CT molecular complexity index is 938. The molecule has 0 aliphatic carbocycles. The SMILES string of the molecule is CCNC(=NCc1cc(F)ccc1CS(C)(=O)=O)NCC(O)c1ccc(Cl)s1.I. The highest BCUT2D eigenvalue weighted by molar-refractivity contribution is 14.0. The number of thiophene rings is 1. The number of rotatable bonds is 8. The van der Waals surface area contributed by atoms with Crippen LogP contribution in [0.2, 0.25) is 4.34 Å². The highest BCUT2D eigenvalue weighted by atomic mass is 127. The highest BCUT2D eigenvalue weighted by Crippen LogP contribution is 2.26. The van der Waals surface area contributed by atoms with Crippen LogP contribution in [0, 0.1) is 5.82 Å². The maximum absolute atomic E-state index is 13.6. The largest absolute Gasteiger partial charge is 0.386 e. The van der Waals surface area contributed by atoms with Crippen molar-refractivity contribution in [3.8, 4) is 0 Å². The molecular weight excluding hydrogens is 552 g/mol. The third-order valence-corrected chi connectivity index (χ3v) is 5.89. The number of hydrogen-bond donors (Lipinski definition) is 3. The molecule has 11 heteroatoms. The first-order chi connectivity index (χ1) is 13.2. The molecule has 0 spiro atoms. The van der Waals surface area contributed by atoms with Crippen molar-refractivity contribution < 1.29 is 17.9 Å². The van der Waals surface area contributed by atoms with E-state index in [0.717, 1.165) is 11.1 Å². The first-order valence-corrected chi connectivity index (χ1v) is 11.8. The second-order valence-electron chi connectivity index (χ2n) is 6.22. The molecule has 6 nitrogen and oxygen atoms in total. The van der Waals surface area contributed by atoms with Crippen LogP contribution < -0.4 is 10.6 Å². The Morgan fingerprint density at radius 1 is 1.28 bits per heavy atom. The van der Waals surface area contributed by atoms with Crippen LogP contribution in [0.1, 0.15) is 29.0 Å². The van der Waals surface area contributed by atoms with E-state index in [1.807, 2.05) is 6.92 Å². The van der Waals surface area contributed by atoms with Crippen molar-refractivity contribution in [1.82, 2.24) is 10.6 Å². The number of aliphatic hydroxyl groups is 1. The van der Waals surface area contributed by atoms with Gasteiger partial charge in [-0.15, -0.1) is 35.3 Å². The van der Waals surface area contributed by atoms with Crippen molar-refractivity contribution in [1.29, 1.82) is 0 Å². The van der Waals surface area contributed by atoms with E-state index in [0.29, 0.717) is 28.0 Å². The van der Waals surface area contributed by atoms with Gasteiger partial charge in [-0.2, -0.15) is 0 Å². The summed E-state index contributed by atoms with van der Waals surface area (Å²) in [7, 11) is -3.26. The lowest BCUT2D eigenvalue weighted by Gasteiger charge is -2.15. The average Bonchev–Trinajstić information content (AvgIpc) is 3.04. The van der Waals surface area contributed by atoms with Crippen LogP contribution in [0.4, 0.5) is 4.39 Å².